The molecule has 3 rings (SSSR count). The molecule has 0 spiro atoms. The predicted octanol–water partition coefficient (Wildman–Crippen LogP) is 3.99. The molecule has 0 radical (unpaired) electrons. The van der Waals surface area contributed by atoms with Crippen molar-refractivity contribution in [2.75, 3.05) is 13.2 Å². The molecule has 0 aliphatic heterocycles. The van der Waals surface area contributed by atoms with Crippen molar-refractivity contribution in [1.29, 1.82) is 0 Å². The molecule has 3 nitrogen and oxygen atoms in total. The largest absolute Gasteiger partial charge is 0.494 e. The molecule has 0 fully saturated rings. The number of aromatic nitrogens is 1. The van der Waals surface area contributed by atoms with Crippen LogP contribution in [-0.4, -0.2) is 18.1 Å². The molecule has 3 N–H and O–H groups in total. The first-order chi connectivity index (χ1) is 11.2. The molecule has 3 aromatic rings. The first-order valence-electron chi connectivity index (χ1n) is 7.89. The Bertz CT molecular complexity index is 797. The number of fused-ring (bicyclic) bond motifs is 1. The van der Waals surface area contributed by atoms with Gasteiger partial charge in [0.25, 0.3) is 0 Å². The maximum Gasteiger partial charge on any atom is 0.123 e. The molecule has 0 saturated carbocycles. The Labute approximate surface area is 135 Å². The number of benzene rings is 2. The van der Waals surface area contributed by atoms with Crippen LogP contribution in [0.1, 0.15) is 24.0 Å². The number of nitrogens with two attached hydrogens (primary N) is 1. The van der Waals surface area contributed by atoms with E-state index in [1.54, 1.807) is 12.1 Å². The van der Waals surface area contributed by atoms with Crippen LogP contribution in [0.5, 0.6) is 5.75 Å². The number of hydrogen-bond donors (Lipinski definition) is 2. The third kappa shape index (κ3) is 3.37. The van der Waals surface area contributed by atoms with Crippen LogP contribution in [-0.2, 0) is 6.42 Å². The zero-order valence-electron chi connectivity index (χ0n) is 13.2. The molecule has 1 atom stereocenters. The van der Waals surface area contributed by atoms with Crippen LogP contribution in [0.15, 0.2) is 48.7 Å². The van der Waals surface area contributed by atoms with E-state index in [9.17, 15) is 4.39 Å². The van der Waals surface area contributed by atoms with Gasteiger partial charge in [-0.05, 0) is 61.3 Å². The Balaban J connectivity index is 1.90. The van der Waals surface area contributed by atoms with Crippen LogP contribution < -0.4 is 10.5 Å². The minimum absolute atomic E-state index is 0.127. The Hall–Kier alpha value is -2.33. The fourth-order valence-electron chi connectivity index (χ4n) is 2.99. The van der Waals surface area contributed by atoms with Gasteiger partial charge in [-0.2, -0.15) is 0 Å². The summed E-state index contributed by atoms with van der Waals surface area (Å²) in [5.74, 6) is 0.764. The van der Waals surface area contributed by atoms with Gasteiger partial charge in [0, 0.05) is 23.0 Å². The number of nitrogens with one attached hydrogen (secondary N) is 1. The minimum Gasteiger partial charge on any atom is -0.494 e. The molecule has 0 aliphatic rings. The monoisotopic (exact) mass is 312 g/mol. The molecule has 4 heteroatoms. The van der Waals surface area contributed by atoms with Crippen molar-refractivity contribution >= 4 is 10.9 Å². The first-order valence-corrected chi connectivity index (χ1v) is 7.89. The Morgan fingerprint density at radius 2 is 2.09 bits per heavy atom. The zero-order chi connectivity index (χ0) is 16.2. The molecular formula is C19H21FN2O. The number of ether oxygens (including phenoxy) is 1. The van der Waals surface area contributed by atoms with Gasteiger partial charge in [0.05, 0.1) is 6.61 Å². The lowest BCUT2D eigenvalue weighted by molar-refractivity contribution is 0.340. The lowest BCUT2D eigenvalue weighted by Crippen LogP contribution is -2.14. The van der Waals surface area contributed by atoms with E-state index in [-0.39, 0.29) is 11.7 Å². The number of hydrogen-bond acceptors (Lipinski definition) is 2. The van der Waals surface area contributed by atoms with Crippen molar-refractivity contribution in [2.45, 2.75) is 19.3 Å². The van der Waals surface area contributed by atoms with Crippen LogP contribution in [0.4, 0.5) is 4.39 Å². The Kier molecular flexibility index (Phi) is 4.63. The van der Waals surface area contributed by atoms with E-state index < -0.39 is 0 Å². The number of aromatic amines is 1. The summed E-state index contributed by atoms with van der Waals surface area (Å²) in [7, 11) is 0. The van der Waals surface area contributed by atoms with Crippen molar-refractivity contribution in [1.82, 2.24) is 4.98 Å². The summed E-state index contributed by atoms with van der Waals surface area (Å²) in [5, 5.41) is 0.904. The van der Waals surface area contributed by atoms with Gasteiger partial charge in [-0.3, -0.25) is 0 Å². The number of rotatable bonds is 6. The van der Waals surface area contributed by atoms with Crippen molar-refractivity contribution in [3.05, 3.63) is 65.6 Å². The van der Waals surface area contributed by atoms with Crippen LogP contribution >= 0.6 is 0 Å². The van der Waals surface area contributed by atoms with Gasteiger partial charge in [0.1, 0.15) is 11.6 Å². The van der Waals surface area contributed by atoms with Crippen molar-refractivity contribution in [2.24, 2.45) is 5.73 Å². The standard InChI is InChI=1S/C19H21FN2O/c1-2-23-16-5-3-4-13(9-16)8-14(11-21)18-12-22-19-7-6-15(20)10-17(18)19/h3-7,9-10,12,14,22H,2,8,11,21H2,1H3. The maximum absolute atomic E-state index is 13.6. The van der Waals surface area contributed by atoms with Crippen molar-refractivity contribution in [3.8, 4) is 5.75 Å². The molecule has 2 aromatic carbocycles. The first kappa shape index (κ1) is 15.6. The molecule has 0 aliphatic carbocycles. The average Bonchev–Trinajstić information content (AvgIpc) is 2.96. The summed E-state index contributed by atoms with van der Waals surface area (Å²) in [6.07, 6.45) is 2.73. The lowest BCUT2D eigenvalue weighted by atomic mass is 9.91. The zero-order valence-corrected chi connectivity index (χ0v) is 13.2. The second-order valence-electron chi connectivity index (χ2n) is 5.65. The van der Waals surface area contributed by atoms with E-state index in [1.165, 1.54) is 6.07 Å². The highest BCUT2D eigenvalue weighted by Crippen LogP contribution is 2.29. The van der Waals surface area contributed by atoms with Crippen molar-refractivity contribution in [3.63, 3.8) is 0 Å². The van der Waals surface area contributed by atoms with E-state index in [2.05, 4.69) is 11.1 Å². The smallest absolute Gasteiger partial charge is 0.123 e. The van der Waals surface area contributed by atoms with E-state index in [0.29, 0.717) is 13.2 Å². The van der Waals surface area contributed by atoms with Crippen LogP contribution in [0.25, 0.3) is 10.9 Å². The molecule has 23 heavy (non-hydrogen) atoms. The van der Waals surface area contributed by atoms with Gasteiger partial charge in [-0.1, -0.05) is 12.1 Å². The summed E-state index contributed by atoms with van der Waals surface area (Å²) in [6, 6.07) is 12.8. The third-order valence-corrected chi connectivity index (χ3v) is 4.09. The van der Waals surface area contributed by atoms with Crippen LogP contribution in [0, 0.1) is 5.82 Å². The topological polar surface area (TPSA) is 51.0 Å². The minimum atomic E-state index is -0.229. The number of halogens is 1. The average molecular weight is 312 g/mol. The van der Waals surface area contributed by atoms with Crippen molar-refractivity contribution < 1.29 is 9.13 Å². The molecular weight excluding hydrogens is 291 g/mol. The number of H-pyrrole nitrogens is 1. The summed E-state index contributed by atoms with van der Waals surface area (Å²) >= 11 is 0. The summed E-state index contributed by atoms with van der Waals surface area (Å²) < 4.78 is 19.1. The fraction of sp³-hybridized carbons (Fsp3) is 0.263. The molecule has 120 valence electrons. The highest BCUT2D eigenvalue weighted by Gasteiger charge is 2.16. The van der Waals surface area contributed by atoms with Gasteiger partial charge < -0.3 is 15.5 Å². The maximum atomic E-state index is 13.6. The lowest BCUT2D eigenvalue weighted by Gasteiger charge is -2.15. The molecule has 0 amide bonds. The van der Waals surface area contributed by atoms with Crippen LogP contribution in [0.3, 0.4) is 0 Å². The summed E-state index contributed by atoms with van der Waals surface area (Å²) in [4.78, 5) is 3.20. The predicted molar refractivity (Wildman–Crippen MR) is 91.4 cm³/mol. The van der Waals surface area contributed by atoms with E-state index >= 15 is 0 Å². The van der Waals surface area contributed by atoms with Gasteiger partial charge in [-0.15, -0.1) is 0 Å². The quantitative estimate of drug-likeness (QED) is 0.723. The summed E-state index contributed by atoms with van der Waals surface area (Å²) in [5.41, 5.74) is 9.16. The van der Waals surface area contributed by atoms with E-state index in [1.807, 2.05) is 31.3 Å². The molecule has 1 heterocycles. The second-order valence-corrected chi connectivity index (χ2v) is 5.65. The highest BCUT2D eigenvalue weighted by molar-refractivity contribution is 5.83. The fourth-order valence-corrected chi connectivity index (χ4v) is 2.99. The van der Waals surface area contributed by atoms with E-state index in [0.717, 1.165) is 34.2 Å². The Morgan fingerprint density at radius 1 is 1.22 bits per heavy atom. The third-order valence-electron chi connectivity index (χ3n) is 4.09. The highest BCUT2D eigenvalue weighted by atomic mass is 19.1. The van der Waals surface area contributed by atoms with Gasteiger partial charge in [-0.25, -0.2) is 4.39 Å². The SMILES string of the molecule is CCOc1cccc(CC(CN)c2c[nH]c3ccc(F)cc23)c1. The molecule has 0 bridgehead atoms. The van der Waals surface area contributed by atoms with Gasteiger partial charge >= 0.3 is 0 Å². The summed E-state index contributed by atoms with van der Waals surface area (Å²) in [6.45, 7) is 3.11. The van der Waals surface area contributed by atoms with E-state index in [4.69, 9.17) is 10.5 Å². The van der Waals surface area contributed by atoms with Gasteiger partial charge in [0.2, 0.25) is 0 Å². The van der Waals surface area contributed by atoms with Crippen LogP contribution in [0.2, 0.25) is 0 Å². The van der Waals surface area contributed by atoms with Gasteiger partial charge in [0.15, 0.2) is 0 Å². The normalized spacial score (nSPS) is 12.5. The molecule has 1 unspecified atom stereocenters. The Morgan fingerprint density at radius 3 is 2.87 bits per heavy atom. The molecule has 1 aromatic heterocycles. The second kappa shape index (κ2) is 6.84. The molecule has 0 saturated heterocycles.